The van der Waals surface area contributed by atoms with Gasteiger partial charge in [-0.05, 0) is 25.1 Å². The van der Waals surface area contributed by atoms with E-state index in [2.05, 4.69) is 0 Å². The lowest BCUT2D eigenvalue weighted by molar-refractivity contribution is -0.143. The van der Waals surface area contributed by atoms with Crippen molar-refractivity contribution in [3.63, 3.8) is 0 Å². The summed E-state index contributed by atoms with van der Waals surface area (Å²) in [7, 11) is 0. The van der Waals surface area contributed by atoms with E-state index in [9.17, 15) is 35.9 Å². The van der Waals surface area contributed by atoms with Gasteiger partial charge in [-0.15, -0.1) is 11.6 Å². The van der Waals surface area contributed by atoms with E-state index in [-0.39, 0.29) is 6.07 Å². The van der Waals surface area contributed by atoms with Crippen molar-refractivity contribution in [3.8, 4) is 0 Å². The summed E-state index contributed by atoms with van der Waals surface area (Å²) in [6.07, 6.45) is -10.1. The molecule has 1 aromatic rings. The summed E-state index contributed by atoms with van der Waals surface area (Å²) in [6.45, 7) is 1.22. The molecule has 0 radical (unpaired) electrons. The summed E-state index contributed by atoms with van der Waals surface area (Å²) in [5, 5.41) is 2.27. The maximum absolute atomic E-state index is 12.6. The van der Waals surface area contributed by atoms with Crippen molar-refractivity contribution in [3.05, 3.63) is 29.3 Å². The molecule has 0 aromatic heterocycles. The molecule has 4 nitrogen and oxygen atoms in total. The first kappa shape index (κ1) is 19.1. The normalized spacial score (nSPS) is 13.4. The zero-order valence-electron chi connectivity index (χ0n) is 11.3. The number of hydrogen-bond acceptors (Lipinski definition) is 2. The second kappa shape index (κ2) is 6.65. The van der Waals surface area contributed by atoms with Gasteiger partial charge in [-0.1, -0.05) is 0 Å². The molecule has 11 heteroatoms. The Labute approximate surface area is 130 Å². The van der Waals surface area contributed by atoms with Crippen LogP contribution in [0.15, 0.2) is 18.2 Å². The Balaban J connectivity index is 3.11. The molecule has 3 amide bonds. The molecule has 0 saturated heterocycles. The van der Waals surface area contributed by atoms with Gasteiger partial charge in [0.05, 0.1) is 11.1 Å². The van der Waals surface area contributed by atoms with Gasteiger partial charge < -0.3 is 5.32 Å². The summed E-state index contributed by atoms with van der Waals surface area (Å²) >= 11 is 5.36. The van der Waals surface area contributed by atoms with Crippen molar-refractivity contribution in [2.45, 2.75) is 24.7 Å². The molecule has 0 bridgehead atoms. The Kier molecular flexibility index (Phi) is 5.51. The molecule has 1 aromatic carbocycles. The molecule has 0 saturated carbocycles. The number of benzene rings is 1. The summed E-state index contributed by atoms with van der Waals surface area (Å²) in [5.41, 5.74) is -3.97. The first-order valence-corrected chi connectivity index (χ1v) is 6.29. The van der Waals surface area contributed by atoms with Crippen LogP contribution >= 0.6 is 11.6 Å². The fourth-order valence-electron chi connectivity index (χ4n) is 1.40. The van der Waals surface area contributed by atoms with Gasteiger partial charge in [0.1, 0.15) is 5.38 Å². The van der Waals surface area contributed by atoms with Crippen LogP contribution < -0.4 is 10.6 Å². The summed E-state index contributed by atoms with van der Waals surface area (Å²) in [6, 6.07) is -0.781. The minimum atomic E-state index is -5.05. The van der Waals surface area contributed by atoms with Crippen LogP contribution in [0.5, 0.6) is 0 Å². The number of imide groups is 1. The Morgan fingerprint density at radius 3 is 1.78 bits per heavy atom. The highest BCUT2D eigenvalue weighted by molar-refractivity contribution is 6.31. The molecule has 1 rings (SSSR count). The van der Waals surface area contributed by atoms with Crippen molar-refractivity contribution in [1.82, 2.24) is 5.32 Å². The molecule has 128 valence electrons. The largest absolute Gasteiger partial charge is 0.416 e. The van der Waals surface area contributed by atoms with Crippen molar-refractivity contribution in [2.24, 2.45) is 0 Å². The Hall–Kier alpha value is -1.97. The number of hydrogen-bond donors (Lipinski definition) is 2. The molecule has 1 unspecified atom stereocenters. The lowest BCUT2D eigenvalue weighted by Crippen LogP contribution is -2.38. The minimum absolute atomic E-state index is 0.0882. The number of nitrogens with one attached hydrogen (secondary N) is 2. The Morgan fingerprint density at radius 1 is 1.00 bits per heavy atom. The van der Waals surface area contributed by atoms with Gasteiger partial charge in [-0.25, -0.2) is 4.79 Å². The third-order valence-electron chi connectivity index (χ3n) is 2.44. The van der Waals surface area contributed by atoms with Crippen LogP contribution in [0.25, 0.3) is 0 Å². The Morgan fingerprint density at radius 2 is 1.43 bits per heavy atom. The van der Waals surface area contributed by atoms with E-state index < -0.39 is 46.5 Å². The van der Waals surface area contributed by atoms with Gasteiger partial charge in [-0.2, -0.15) is 26.3 Å². The van der Waals surface area contributed by atoms with Gasteiger partial charge >= 0.3 is 18.4 Å². The van der Waals surface area contributed by atoms with Crippen LogP contribution in [0.2, 0.25) is 0 Å². The van der Waals surface area contributed by atoms with Gasteiger partial charge in [-0.3, -0.25) is 10.1 Å². The van der Waals surface area contributed by atoms with E-state index in [1.807, 2.05) is 0 Å². The highest BCUT2D eigenvalue weighted by atomic mass is 35.5. The monoisotopic (exact) mass is 362 g/mol. The molecule has 1 atom stereocenters. The number of halogens is 7. The maximum Gasteiger partial charge on any atom is 0.416 e. The van der Waals surface area contributed by atoms with Crippen molar-refractivity contribution >= 4 is 29.2 Å². The summed E-state index contributed by atoms with van der Waals surface area (Å²) in [5.74, 6) is -0.966. The number of amides is 3. The molecule has 2 N–H and O–H groups in total. The van der Waals surface area contributed by atoms with E-state index in [0.717, 1.165) is 0 Å². The molecule has 23 heavy (non-hydrogen) atoms. The van der Waals surface area contributed by atoms with Crippen LogP contribution in [0.3, 0.4) is 0 Å². The highest BCUT2D eigenvalue weighted by Gasteiger charge is 2.37. The zero-order valence-corrected chi connectivity index (χ0v) is 12.0. The number of carbonyl (C=O) groups is 2. The third kappa shape index (κ3) is 5.62. The number of alkyl halides is 7. The van der Waals surface area contributed by atoms with E-state index in [1.165, 1.54) is 6.92 Å². The molecule has 0 spiro atoms. The van der Waals surface area contributed by atoms with Gasteiger partial charge in [0.25, 0.3) is 0 Å². The van der Waals surface area contributed by atoms with Crippen LogP contribution in [0, 0.1) is 0 Å². The Bertz CT molecular complexity index is 580. The highest BCUT2D eigenvalue weighted by Crippen LogP contribution is 2.37. The van der Waals surface area contributed by atoms with E-state index in [4.69, 9.17) is 11.6 Å². The van der Waals surface area contributed by atoms with Crippen LogP contribution in [0.4, 0.5) is 36.8 Å². The zero-order chi connectivity index (χ0) is 18.0. The summed E-state index contributed by atoms with van der Waals surface area (Å²) in [4.78, 5) is 22.5. The van der Waals surface area contributed by atoms with Crippen molar-refractivity contribution < 1.29 is 35.9 Å². The quantitative estimate of drug-likeness (QED) is 0.617. The average Bonchev–Trinajstić information content (AvgIpc) is 2.35. The van der Waals surface area contributed by atoms with Crippen LogP contribution in [-0.2, 0) is 17.1 Å². The lowest BCUT2D eigenvalue weighted by atomic mass is 10.1. The fourth-order valence-corrected chi connectivity index (χ4v) is 1.46. The number of urea groups is 1. The van der Waals surface area contributed by atoms with Gasteiger partial charge in [0, 0.05) is 5.69 Å². The van der Waals surface area contributed by atoms with E-state index >= 15 is 0 Å². The topological polar surface area (TPSA) is 58.2 Å². The molecular formula is C12H9ClF6N2O2. The number of rotatable bonds is 2. The second-order valence-corrected chi connectivity index (χ2v) is 5.01. The number of carbonyl (C=O) groups excluding carboxylic acids is 2. The predicted octanol–water partition coefficient (Wildman–Crippen LogP) is 4.00. The first-order chi connectivity index (χ1) is 10.3. The smallest absolute Gasteiger partial charge is 0.308 e. The standard InChI is InChI=1S/C12H9ClF6N2O2/c1-5(13)9(22)21-10(23)20-8-3-6(11(14,15)16)2-7(4-8)12(17,18)19/h2-5H,1H3,(H2,20,21,22,23). The SMILES string of the molecule is CC(Cl)C(=O)NC(=O)Nc1cc(C(F)(F)F)cc(C(F)(F)F)c1. The molecule has 0 aliphatic rings. The van der Waals surface area contributed by atoms with E-state index in [1.54, 1.807) is 10.6 Å². The second-order valence-electron chi connectivity index (χ2n) is 4.35. The van der Waals surface area contributed by atoms with Crippen LogP contribution in [0.1, 0.15) is 18.1 Å². The first-order valence-electron chi connectivity index (χ1n) is 5.86. The molecule has 0 fully saturated rings. The fraction of sp³-hybridized carbons (Fsp3) is 0.333. The van der Waals surface area contributed by atoms with Crippen molar-refractivity contribution in [2.75, 3.05) is 5.32 Å². The average molecular weight is 363 g/mol. The van der Waals surface area contributed by atoms with Gasteiger partial charge in [0.2, 0.25) is 5.91 Å². The predicted molar refractivity (Wildman–Crippen MR) is 68.9 cm³/mol. The third-order valence-corrected chi connectivity index (χ3v) is 2.64. The van der Waals surface area contributed by atoms with E-state index in [0.29, 0.717) is 12.1 Å². The molecule has 0 aliphatic carbocycles. The molecule has 0 aliphatic heterocycles. The minimum Gasteiger partial charge on any atom is -0.308 e. The lowest BCUT2D eigenvalue weighted by Gasteiger charge is -2.15. The number of anilines is 1. The maximum atomic E-state index is 12.6. The molecule has 0 heterocycles. The van der Waals surface area contributed by atoms with Gasteiger partial charge in [0.15, 0.2) is 0 Å². The van der Waals surface area contributed by atoms with Crippen LogP contribution in [-0.4, -0.2) is 17.3 Å². The summed E-state index contributed by atoms with van der Waals surface area (Å²) < 4.78 is 75.7. The molecular weight excluding hydrogens is 354 g/mol. The van der Waals surface area contributed by atoms with Crippen molar-refractivity contribution in [1.29, 1.82) is 0 Å².